The van der Waals surface area contributed by atoms with Gasteiger partial charge in [-0.2, -0.15) is 0 Å². The molecule has 22 nitrogen and oxygen atoms in total. The van der Waals surface area contributed by atoms with E-state index < -0.39 is 160 Å². The molecule has 14 atom stereocenters. The second-order valence-corrected chi connectivity index (χ2v) is 21.6. The van der Waals surface area contributed by atoms with E-state index in [2.05, 4.69) is 0 Å². The molecule has 0 saturated heterocycles. The first-order chi connectivity index (χ1) is 38.0. The Balaban J connectivity index is 5.74. The molecule has 0 aliphatic rings. The minimum absolute atomic E-state index is 0.0373. The van der Waals surface area contributed by atoms with Crippen molar-refractivity contribution in [3.63, 3.8) is 0 Å². The molecule has 10 N–H and O–H groups in total. The molecule has 0 saturated carbocycles. The van der Waals surface area contributed by atoms with Gasteiger partial charge in [0.2, 0.25) is 0 Å². The van der Waals surface area contributed by atoms with Gasteiger partial charge in [0.05, 0.1) is 69.2 Å². The van der Waals surface area contributed by atoms with Crippen LogP contribution in [0.25, 0.3) is 0 Å². The van der Waals surface area contributed by atoms with Crippen LogP contribution in [0.2, 0.25) is 0 Å². The lowest BCUT2D eigenvalue weighted by Gasteiger charge is -2.26. The van der Waals surface area contributed by atoms with Crippen LogP contribution in [-0.2, 0) is 57.2 Å². The lowest BCUT2D eigenvalue weighted by molar-refractivity contribution is -0.164. The Kier molecular flexibility index (Phi) is 44.8. The summed E-state index contributed by atoms with van der Waals surface area (Å²) in [5.74, 6) is -4.75. The first-order valence-electron chi connectivity index (χ1n) is 29.8. The topological polar surface area (TPSA) is 360 Å². The molecule has 0 amide bonds. The number of aliphatic hydroxyl groups excluding tert-OH is 10. The van der Waals surface area contributed by atoms with Gasteiger partial charge in [0.15, 0.2) is 0 Å². The number of carbonyl (C=O) groups is 6. The fraction of sp³-hybridized carbons (Fsp3) is 0.897. The Hall–Kier alpha value is -3.58. The predicted molar refractivity (Wildman–Crippen MR) is 294 cm³/mol. The fourth-order valence-corrected chi connectivity index (χ4v) is 9.18. The molecular formula is C58H106O22. The van der Waals surface area contributed by atoms with Crippen molar-refractivity contribution in [2.24, 2.45) is 0 Å². The lowest BCUT2D eigenvalue weighted by Crippen LogP contribution is -2.47. The van der Waals surface area contributed by atoms with Crippen molar-refractivity contribution in [3.05, 3.63) is 0 Å². The van der Waals surface area contributed by atoms with Gasteiger partial charge in [-0.05, 0) is 64.2 Å². The minimum Gasteiger partial charge on any atom is -0.463 e. The molecule has 0 fully saturated rings. The van der Waals surface area contributed by atoms with Crippen molar-refractivity contribution < 1.29 is 108 Å². The molecule has 0 aliphatic carbocycles. The van der Waals surface area contributed by atoms with E-state index in [1.54, 1.807) is 0 Å². The fourth-order valence-electron chi connectivity index (χ4n) is 9.18. The Bertz CT molecular complexity index is 1630. The highest BCUT2D eigenvalue weighted by atomic mass is 16.6. The molecule has 0 spiro atoms. The highest BCUT2D eigenvalue weighted by Gasteiger charge is 2.33. The number of ether oxygens (including phenoxy) is 6. The van der Waals surface area contributed by atoms with E-state index in [9.17, 15) is 74.7 Å². The Morgan fingerprint density at radius 1 is 0.338 bits per heavy atom. The molecule has 0 aliphatic heterocycles. The standard InChI is InChI=1S/C58H106O22/c1-7-12-17-22-40(61)27-41(62)31-53(69)77-45(23-18-13-8-2)28-42(63)32-54(70)78-46(24-19-14-9-3)29-43(64)33-55(71)79-47(25-20-15-10-4)30-44(65)34-56(72)80-48(26-21-16-11-5)35-49(76-39(6)60)36-52(68)75-38-51(67)58(74)57(73)50(66)37-59/h40-51,57-59,61-67,73-74H,7-38H2,1-6H3. The van der Waals surface area contributed by atoms with E-state index in [4.69, 9.17) is 33.5 Å². The van der Waals surface area contributed by atoms with Crippen LogP contribution in [0.15, 0.2) is 0 Å². The zero-order valence-electron chi connectivity index (χ0n) is 49.1. The van der Waals surface area contributed by atoms with Gasteiger partial charge < -0.3 is 79.5 Å². The van der Waals surface area contributed by atoms with Crippen LogP contribution in [0.1, 0.15) is 234 Å². The van der Waals surface area contributed by atoms with Crippen LogP contribution in [0.5, 0.6) is 0 Å². The van der Waals surface area contributed by atoms with Crippen LogP contribution >= 0.6 is 0 Å². The molecule has 0 radical (unpaired) electrons. The lowest BCUT2D eigenvalue weighted by atomic mass is 10.0. The Labute approximate surface area is 475 Å². The summed E-state index contributed by atoms with van der Waals surface area (Å²) in [6.45, 7) is 9.39. The van der Waals surface area contributed by atoms with Crippen molar-refractivity contribution in [1.29, 1.82) is 0 Å². The van der Waals surface area contributed by atoms with Crippen LogP contribution in [0, 0.1) is 0 Å². The van der Waals surface area contributed by atoms with E-state index in [0.29, 0.717) is 57.8 Å². The number of hydrogen-bond acceptors (Lipinski definition) is 22. The maximum absolute atomic E-state index is 13.4. The van der Waals surface area contributed by atoms with Crippen LogP contribution < -0.4 is 0 Å². The smallest absolute Gasteiger partial charge is 0.309 e. The summed E-state index contributed by atoms with van der Waals surface area (Å²) < 4.78 is 33.3. The summed E-state index contributed by atoms with van der Waals surface area (Å²) in [6.07, 6.45) is -6.52. The Morgan fingerprint density at radius 3 is 0.975 bits per heavy atom. The molecule has 22 heteroatoms. The second kappa shape index (κ2) is 46.9. The minimum atomic E-state index is -1.98. The third-order valence-electron chi connectivity index (χ3n) is 13.6. The highest BCUT2D eigenvalue weighted by Crippen LogP contribution is 2.24. The number of unbranched alkanes of at least 4 members (excludes halogenated alkanes) is 10. The number of carbonyl (C=O) groups excluding carboxylic acids is 6. The molecular weight excluding hydrogens is 1050 g/mol. The summed E-state index contributed by atoms with van der Waals surface area (Å²) in [6, 6.07) is 0. The molecule has 0 aromatic carbocycles. The average molecular weight is 1160 g/mol. The van der Waals surface area contributed by atoms with Crippen molar-refractivity contribution >= 4 is 35.8 Å². The molecule has 0 bridgehead atoms. The highest BCUT2D eigenvalue weighted by molar-refractivity contribution is 5.73. The van der Waals surface area contributed by atoms with Crippen molar-refractivity contribution in [3.8, 4) is 0 Å². The van der Waals surface area contributed by atoms with Crippen molar-refractivity contribution in [1.82, 2.24) is 0 Å². The molecule has 0 aromatic heterocycles. The molecule has 14 unspecified atom stereocenters. The third kappa shape index (κ3) is 39.8. The maximum Gasteiger partial charge on any atom is 0.309 e. The van der Waals surface area contributed by atoms with Gasteiger partial charge in [-0.1, -0.05) is 105 Å². The van der Waals surface area contributed by atoms with Gasteiger partial charge in [0, 0.05) is 32.6 Å². The summed E-state index contributed by atoms with van der Waals surface area (Å²) in [7, 11) is 0. The largest absolute Gasteiger partial charge is 0.463 e. The van der Waals surface area contributed by atoms with Gasteiger partial charge >= 0.3 is 35.8 Å². The van der Waals surface area contributed by atoms with E-state index in [0.717, 1.165) is 77.6 Å². The van der Waals surface area contributed by atoms with Gasteiger partial charge in [0.1, 0.15) is 61.5 Å². The van der Waals surface area contributed by atoms with Crippen LogP contribution in [0.4, 0.5) is 0 Å². The van der Waals surface area contributed by atoms with Crippen molar-refractivity contribution in [2.45, 2.75) is 320 Å². The summed E-state index contributed by atoms with van der Waals surface area (Å²) >= 11 is 0. The third-order valence-corrected chi connectivity index (χ3v) is 13.6. The molecule has 470 valence electrons. The number of aliphatic hydroxyl groups is 10. The van der Waals surface area contributed by atoms with Crippen LogP contribution in [-0.4, -0.2) is 186 Å². The number of rotatable bonds is 51. The monoisotopic (exact) mass is 1150 g/mol. The van der Waals surface area contributed by atoms with Crippen LogP contribution in [0.3, 0.4) is 0 Å². The zero-order valence-corrected chi connectivity index (χ0v) is 49.1. The predicted octanol–water partition coefficient (Wildman–Crippen LogP) is 5.15. The summed E-state index contributed by atoms with van der Waals surface area (Å²) in [5, 5.41) is 103. The maximum atomic E-state index is 13.4. The Morgan fingerprint density at radius 2 is 0.650 bits per heavy atom. The first kappa shape index (κ1) is 76.4. The first-order valence-corrected chi connectivity index (χ1v) is 29.8. The van der Waals surface area contributed by atoms with Gasteiger partial charge in [-0.15, -0.1) is 0 Å². The molecule has 0 aromatic rings. The summed E-state index contributed by atoms with van der Waals surface area (Å²) in [5.41, 5.74) is 0. The molecule has 0 rings (SSSR count). The number of esters is 6. The summed E-state index contributed by atoms with van der Waals surface area (Å²) in [4.78, 5) is 77.6. The van der Waals surface area contributed by atoms with Gasteiger partial charge in [-0.3, -0.25) is 28.8 Å². The normalized spacial score (nSPS) is 16.9. The van der Waals surface area contributed by atoms with E-state index in [-0.39, 0.29) is 38.5 Å². The zero-order chi connectivity index (χ0) is 60.4. The number of hydrogen-bond donors (Lipinski definition) is 10. The van der Waals surface area contributed by atoms with E-state index in [1.807, 2.05) is 34.6 Å². The average Bonchev–Trinajstić information content (AvgIpc) is 3.36. The van der Waals surface area contributed by atoms with Gasteiger partial charge in [0.25, 0.3) is 0 Å². The van der Waals surface area contributed by atoms with Gasteiger partial charge in [-0.25, -0.2) is 0 Å². The molecule has 80 heavy (non-hydrogen) atoms. The molecule has 0 heterocycles. The second-order valence-electron chi connectivity index (χ2n) is 21.6. The SMILES string of the molecule is CCCCCC(O)CC(O)CC(=O)OC(CCCCC)CC(O)CC(=O)OC(CCCCC)CC(O)CC(=O)OC(CCCCC)CC(O)CC(=O)OC(CCCCC)CC(CC(=O)OCC(O)C(O)C(O)C(O)CO)OC(C)=O. The van der Waals surface area contributed by atoms with E-state index in [1.165, 1.54) is 0 Å². The quantitative estimate of drug-likeness (QED) is 0.0214. The van der Waals surface area contributed by atoms with Crippen molar-refractivity contribution in [2.75, 3.05) is 13.2 Å². The van der Waals surface area contributed by atoms with E-state index >= 15 is 0 Å².